The Hall–Kier alpha value is -2.05. The number of carbonyl (C=O) groups is 2. The molecule has 0 aromatic heterocycles. The first-order valence-electron chi connectivity index (χ1n) is 7.85. The Kier molecular flexibility index (Phi) is 5.51. The number of alkyl halides is 3. The number of likely N-dealkylation sites (tertiary alicyclic amines) is 1. The second-order valence-electron chi connectivity index (χ2n) is 6.27. The van der Waals surface area contributed by atoms with Crippen molar-refractivity contribution in [2.75, 3.05) is 13.1 Å². The minimum absolute atomic E-state index is 0.112. The molecule has 0 bridgehead atoms. The molecule has 0 spiro atoms. The lowest BCUT2D eigenvalue weighted by atomic mass is 9.87. The summed E-state index contributed by atoms with van der Waals surface area (Å²) >= 11 is 0. The van der Waals surface area contributed by atoms with E-state index in [0.717, 1.165) is 0 Å². The van der Waals surface area contributed by atoms with Crippen molar-refractivity contribution in [3.05, 3.63) is 35.4 Å². The van der Waals surface area contributed by atoms with Crippen molar-refractivity contribution >= 4 is 11.9 Å². The average Bonchev–Trinajstić information content (AvgIpc) is 2.51. The Morgan fingerprint density at radius 2 is 1.88 bits per heavy atom. The largest absolute Gasteiger partial charge is 0.481 e. The van der Waals surface area contributed by atoms with Crippen LogP contribution < -0.4 is 0 Å². The second-order valence-corrected chi connectivity index (χ2v) is 6.27. The van der Waals surface area contributed by atoms with Crippen LogP contribution in [0.3, 0.4) is 0 Å². The fraction of sp³-hybridized carbons (Fsp3) is 0.529. The van der Waals surface area contributed by atoms with Crippen LogP contribution in [0, 0.1) is 11.8 Å². The molecular weight excluding hydrogens is 323 g/mol. The monoisotopic (exact) mass is 343 g/mol. The van der Waals surface area contributed by atoms with Crippen molar-refractivity contribution in [1.29, 1.82) is 0 Å². The van der Waals surface area contributed by atoms with E-state index in [-0.39, 0.29) is 18.2 Å². The zero-order chi connectivity index (χ0) is 17.9. The lowest BCUT2D eigenvalue weighted by Crippen LogP contribution is -2.45. The van der Waals surface area contributed by atoms with E-state index in [9.17, 15) is 22.8 Å². The molecule has 2 unspecified atom stereocenters. The Labute approximate surface area is 138 Å². The molecular formula is C17H20F3NO3. The molecule has 4 nitrogen and oxygen atoms in total. The van der Waals surface area contributed by atoms with Gasteiger partial charge in [0.25, 0.3) is 5.91 Å². The molecule has 1 aromatic carbocycles. The number of hydrogen-bond donors (Lipinski definition) is 1. The number of nitrogens with zero attached hydrogens (tertiary/aromatic N) is 1. The molecule has 7 heteroatoms. The van der Waals surface area contributed by atoms with Crippen LogP contribution in [0.4, 0.5) is 13.2 Å². The van der Waals surface area contributed by atoms with Crippen molar-refractivity contribution in [3.63, 3.8) is 0 Å². The van der Waals surface area contributed by atoms with Crippen LogP contribution in [0.15, 0.2) is 24.3 Å². The maximum absolute atomic E-state index is 12.4. The predicted octanol–water partition coefficient (Wildman–Crippen LogP) is 3.36. The Balaban J connectivity index is 1.97. The van der Waals surface area contributed by atoms with E-state index in [1.54, 1.807) is 11.8 Å². The molecule has 24 heavy (non-hydrogen) atoms. The molecule has 2 rings (SSSR count). The second kappa shape index (κ2) is 7.23. The van der Waals surface area contributed by atoms with Crippen molar-refractivity contribution in [1.82, 2.24) is 4.90 Å². The molecule has 0 saturated carbocycles. The molecule has 1 heterocycles. The summed E-state index contributed by atoms with van der Waals surface area (Å²) in [6, 6.07) is 6.13. The van der Waals surface area contributed by atoms with Crippen molar-refractivity contribution < 1.29 is 27.9 Å². The number of carboxylic acid groups (broad SMARTS) is 1. The molecule has 1 aliphatic rings. The predicted molar refractivity (Wildman–Crippen MR) is 81.6 cm³/mol. The van der Waals surface area contributed by atoms with Gasteiger partial charge in [0.15, 0.2) is 0 Å². The summed E-state index contributed by atoms with van der Waals surface area (Å²) in [5.41, 5.74) is 0.938. The number of benzene rings is 1. The number of hydrogen-bond acceptors (Lipinski definition) is 2. The molecule has 1 fully saturated rings. The van der Waals surface area contributed by atoms with E-state index in [4.69, 9.17) is 5.11 Å². The van der Waals surface area contributed by atoms with Gasteiger partial charge >= 0.3 is 12.1 Å². The average molecular weight is 343 g/mol. The summed E-state index contributed by atoms with van der Waals surface area (Å²) in [6.45, 7) is 2.54. The van der Waals surface area contributed by atoms with E-state index in [1.807, 2.05) is 0 Å². The van der Waals surface area contributed by atoms with Gasteiger partial charge < -0.3 is 10.0 Å². The van der Waals surface area contributed by atoms with E-state index in [0.29, 0.717) is 30.6 Å². The topological polar surface area (TPSA) is 57.6 Å². The quantitative estimate of drug-likeness (QED) is 0.912. The Bertz CT molecular complexity index is 598. The molecule has 132 valence electrons. The fourth-order valence-electron chi connectivity index (χ4n) is 2.98. The molecule has 0 aliphatic carbocycles. The molecule has 1 N–H and O–H groups in total. The summed E-state index contributed by atoms with van der Waals surface area (Å²) in [7, 11) is 0. The first-order valence-corrected chi connectivity index (χ1v) is 7.85. The number of aliphatic carboxylic acids is 1. The minimum atomic E-state index is -4.20. The maximum atomic E-state index is 12.4. The lowest BCUT2D eigenvalue weighted by Gasteiger charge is -2.35. The Morgan fingerprint density at radius 1 is 1.25 bits per heavy atom. The maximum Gasteiger partial charge on any atom is 0.389 e. The summed E-state index contributed by atoms with van der Waals surface area (Å²) in [5, 5.41) is 9.11. The fourth-order valence-corrected chi connectivity index (χ4v) is 2.98. The number of carboxylic acids is 1. The smallest absolute Gasteiger partial charge is 0.389 e. The van der Waals surface area contributed by atoms with Gasteiger partial charge in [-0.3, -0.25) is 9.59 Å². The minimum Gasteiger partial charge on any atom is -0.481 e. The number of amides is 1. The SMILES string of the molecule is CC1CN(C(=O)c2ccc(CCC(F)(F)F)cc2)CCC1C(=O)O. The van der Waals surface area contributed by atoms with Gasteiger partial charge in [-0.25, -0.2) is 0 Å². The van der Waals surface area contributed by atoms with Crippen LogP contribution in [-0.2, 0) is 11.2 Å². The zero-order valence-electron chi connectivity index (χ0n) is 13.3. The van der Waals surface area contributed by atoms with Gasteiger partial charge in [0.05, 0.1) is 5.92 Å². The highest BCUT2D eigenvalue weighted by molar-refractivity contribution is 5.94. The van der Waals surface area contributed by atoms with E-state index >= 15 is 0 Å². The van der Waals surface area contributed by atoms with Gasteiger partial charge in [0, 0.05) is 25.1 Å². The van der Waals surface area contributed by atoms with Gasteiger partial charge in [-0.1, -0.05) is 19.1 Å². The molecule has 1 saturated heterocycles. The molecule has 2 atom stereocenters. The third kappa shape index (κ3) is 4.72. The van der Waals surface area contributed by atoms with Crippen molar-refractivity contribution in [2.24, 2.45) is 11.8 Å². The van der Waals surface area contributed by atoms with Crippen LogP contribution in [-0.4, -0.2) is 41.1 Å². The lowest BCUT2D eigenvalue weighted by molar-refractivity contribution is -0.145. The molecule has 1 aromatic rings. The number of rotatable bonds is 4. The van der Waals surface area contributed by atoms with Gasteiger partial charge in [0.1, 0.15) is 0 Å². The summed E-state index contributed by atoms with van der Waals surface area (Å²) in [5.74, 6) is -1.64. The van der Waals surface area contributed by atoms with Crippen LogP contribution in [0.2, 0.25) is 0 Å². The molecule has 0 radical (unpaired) electrons. The van der Waals surface area contributed by atoms with Gasteiger partial charge in [-0.05, 0) is 36.5 Å². The molecule has 1 amide bonds. The number of piperidine rings is 1. The van der Waals surface area contributed by atoms with Gasteiger partial charge in [0.2, 0.25) is 0 Å². The summed E-state index contributed by atoms with van der Waals surface area (Å²) in [4.78, 5) is 25.2. The summed E-state index contributed by atoms with van der Waals surface area (Å²) in [6.07, 6.45) is -4.79. The third-order valence-electron chi connectivity index (χ3n) is 4.41. The molecule has 1 aliphatic heterocycles. The number of halogens is 3. The first-order chi connectivity index (χ1) is 11.2. The van der Waals surface area contributed by atoms with E-state index < -0.39 is 24.5 Å². The Morgan fingerprint density at radius 3 is 2.38 bits per heavy atom. The number of aryl methyl sites for hydroxylation is 1. The zero-order valence-corrected chi connectivity index (χ0v) is 13.3. The van der Waals surface area contributed by atoms with E-state index in [2.05, 4.69) is 0 Å². The normalized spacial score (nSPS) is 21.6. The van der Waals surface area contributed by atoms with Crippen molar-refractivity contribution in [3.8, 4) is 0 Å². The van der Waals surface area contributed by atoms with Crippen LogP contribution >= 0.6 is 0 Å². The van der Waals surface area contributed by atoms with Crippen LogP contribution in [0.1, 0.15) is 35.7 Å². The van der Waals surface area contributed by atoms with Crippen LogP contribution in [0.5, 0.6) is 0 Å². The highest BCUT2D eigenvalue weighted by Gasteiger charge is 2.33. The highest BCUT2D eigenvalue weighted by atomic mass is 19.4. The first kappa shape index (κ1) is 18.3. The standard InChI is InChI=1S/C17H20F3NO3/c1-11-10-21(9-7-14(11)16(23)24)15(22)13-4-2-12(3-5-13)6-8-17(18,19)20/h2-5,11,14H,6-10H2,1H3,(H,23,24). The van der Waals surface area contributed by atoms with Crippen LogP contribution in [0.25, 0.3) is 0 Å². The van der Waals surface area contributed by atoms with Crippen molar-refractivity contribution in [2.45, 2.75) is 32.4 Å². The van der Waals surface area contributed by atoms with Gasteiger partial charge in [-0.2, -0.15) is 13.2 Å². The summed E-state index contributed by atoms with van der Waals surface area (Å²) < 4.78 is 36.6. The highest BCUT2D eigenvalue weighted by Crippen LogP contribution is 2.25. The van der Waals surface area contributed by atoms with E-state index in [1.165, 1.54) is 24.3 Å². The number of carbonyl (C=O) groups excluding carboxylic acids is 1. The third-order valence-corrected chi connectivity index (χ3v) is 4.41. The van der Waals surface area contributed by atoms with Gasteiger partial charge in [-0.15, -0.1) is 0 Å².